The van der Waals surface area contributed by atoms with Crippen LogP contribution < -0.4 is 5.43 Å². The van der Waals surface area contributed by atoms with E-state index in [9.17, 15) is 4.39 Å². The number of hydrogen-bond donors (Lipinski definition) is 2. The molecule has 86 valence electrons. The average Bonchev–Trinajstić information content (AvgIpc) is 2.34. The lowest BCUT2D eigenvalue weighted by molar-refractivity contribution is 0.475. The zero-order valence-corrected chi connectivity index (χ0v) is 8.97. The maximum Gasteiger partial charge on any atom is 0.123 e. The summed E-state index contributed by atoms with van der Waals surface area (Å²) in [6.07, 6.45) is 1.59. The van der Waals surface area contributed by atoms with Crippen molar-refractivity contribution in [3.8, 4) is 5.75 Å². The van der Waals surface area contributed by atoms with Crippen LogP contribution in [-0.2, 0) is 0 Å². The summed E-state index contributed by atoms with van der Waals surface area (Å²) < 4.78 is 12.6. The van der Waals surface area contributed by atoms with Crippen molar-refractivity contribution in [2.24, 2.45) is 5.10 Å². The lowest BCUT2D eigenvalue weighted by Gasteiger charge is -1.99. The lowest BCUT2D eigenvalue weighted by atomic mass is 10.2. The van der Waals surface area contributed by atoms with E-state index in [0.717, 1.165) is 11.3 Å². The van der Waals surface area contributed by atoms with E-state index in [-0.39, 0.29) is 11.6 Å². The van der Waals surface area contributed by atoms with Crippen molar-refractivity contribution < 1.29 is 9.50 Å². The molecule has 0 radical (unpaired) electrons. The van der Waals surface area contributed by atoms with Gasteiger partial charge in [0.15, 0.2) is 0 Å². The molecule has 0 amide bonds. The zero-order valence-electron chi connectivity index (χ0n) is 8.97. The largest absolute Gasteiger partial charge is 0.508 e. The molecule has 0 aliphatic heterocycles. The second kappa shape index (κ2) is 5.12. The van der Waals surface area contributed by atoms with E-state index in [1.807, 2.05) is 0 Å². The summed E-state index contributed by atoms with van der Waals surface area (Å²) in [7, 11) is 0. The number of hydrazone groups is 1. The van der Waals surface area contributed by atoms with Crippen LogP contribution in [0.5, 0.6) is 5.75 Å². The van der Waals surface area contributed by atoms with Crippen LogP contribution in [0.15, 0.2) is 53.6 Å². The van der Waals surface area contributed by atoms with Crippen LogP contribution in [-0.4, -0.2) is 11.3 Å². The Bertz CT molecular complexity index is 506. The van der Waals surface area contributed by atoms with E-state index >= 15 is 0 Å². The first-order valence-corrected chi connectivity index (χ1v) is 5.08. The third-order valence-corrected chi connectivity index (χ3v) is 2.14. The minimum atomic E-state index is -0.270. The van der Waals surface area contributed by atoms with Crippen LogP contribution >= 0.6 is 0 Å². The monoisotopic (exact) mass is 230 g/mol. The van der Waals surface area contributed by atoms with E-state index in [0.29, 0.717) is 0 Å². The van der Waals surface area contributed by atoms with Crippen LogP contribution in [0.25, 0.3) is 0 Å². The summed E-state index contributed by atoms with van der Waals surface area (Å²) in [6.45, 7) is 0. The van der Waals surface area contributed by atoms with Crippen molar-refractivity contribution in [1.29, 1.82) is 0 Å². The maximum atomic E-state index is 12.6. The van der Waals surface area contributed by atoms with Gasteiger partial charge in [0.05, 0.1) is 11.9 Å². The third kappa shape index (κ3) is 3.31. The standard InChI is InChI=1S/C13H11FN2O/c14-11-3-1-10(2-4-11)9-15-16-12-5-7-13(17)8-6-12/h1-9,16-17H/b15-9-. The number of phenolic OH excluding ortho intramolecular Hbond substituents is 1. The molecule has 0 saturated carbocycles. The van der Waals surface area contributed by atoms with Gasteiger partial charge in [0.2, 0.25) is 0 Å². The third-order valence-electron chi connectivity index (χ3n) is 2.14. The van der Waals surface area contributed by atoms with E-state index in [4.69, 9.17) is 5.11 Å². The molecule has 0 atom stereocenters. The highest BCUT2D eigenvalue weighted by Gasteiger charge is 1.91. The molecule has 2 N–H and O–H groups in total. The van der Waals surface area contributed by atoms with E-state index in [1.54, 1.807) is 42.6 Å². The molecule has 4 heteroatoms. The Morgan fingerprint density at radius 2 is 1.65 bits per heavy atom. The summed E-state index contributed by atoms with van der Waals surface area (Å²) in [5.41, 5.74) is 4.37. The number of halogens is 1. The topological polar surface area (TPSA) is 44.6 Å². The van der Waals surface area contributed by atoms with Gasteiger partial charge in [0.25, 0.3) is 0 Å². The Hall–Kier alpha value is -2.36. The second-order valence-electron chi connectivity index (χ2n) is 3.47. The van der Waals surface area contributed by atoms with E-state index in [1.165, 1.54) is 12.1 Å². The number of nitrogens with one attached hydrogen (secondary N) is 1. The minimum Gasteiger partial charge on any atom is -0.508 e. The molecule has 0 spiro atoms. The summed E-state index contributed by atoms with van der Waals surface area (Å²) in [6, 6.07) is 12.6. The van der Waals surface area contributed by atoms with Crippen molar-refractivity contribution in [2.45, 2.75) is 0 Å². The maximum absolute atomic E-state index is 12.6. The van der Waals surface area contributed by atoms with Crippen LogP contribution in [0.1, 0.15) is 5.56 Å². The average molecular weight is 230 g/mol. The van der Waals surface area contributed by atoms with E-state index < -0.39 is 0 Å². The van der Waals surface area contributed by atoms with Gasteiger partial charge < -0.3 is 5.11 Å². The van der Waals surface area contributed by atoms with E-state index in [2.05, 4.69) is 10.5 Å². The predicted molar refractivity (Wildman–Crippen MR) is 65.7 cm³/mol. The van der Waals surface area contributed by atoms with Crippen LogP contribution in [0, 0.1) is 5.82 Å². The van der Waals surface area contributed by atoms with Gasteiger partial charge in [-0.2, -0.15) is 5.10 Å². The molecule has 3 nitrogen and oxygen atoms in total. The molecule has 0 aromatic heterocycles. The number of benzene rings is 2. The molecule has 0 aliphatic rings. The van der Waals surface area contributed by atoms with Crippen LogP contribution in [0.4, 0.5) is 10.1 Å². The highest BCUT2D eigenvalue weighted by molar-refractivity contribution is 5.80. The molecule has 2 rings (SSSR count). The van der Waals surface area contributed by atoms with Crippen molar-refractivity contribution in [3.05, 3.63) is 59.9 Å². The summed E-state index contributed by atoms with van der Waals surface area (Å²) in [4.78, 5) is 0. The zero-order chi connectivity index (χ0) is 12.1. The Labute approximate surface area is 98.2 Å². The Morgan fingerprint density at radius 3 is 2.29 bits per heavy atom. The molecule has 0 bridgehead atoms. The molecule has 17 heavy (non-hydrogen) atoms. The predicted octanol–water partition coefficient (Wildman–Crippen LogP) is 2.98. The van der Waals surface area contributed by atoms with Crippen molar-refractivity contribution in [3.63, 3.8) is 0 Å². The van der Waals surface area contributed by atoms with Gasteiger partial charge in [0.1, 0.15) is 11.6 Å². The normalized spacial score (nSPS) is 10.6. The number of nitrogens with zero attached hydrogens (tertiary/aromatic N) is 1. The second-order valence-corrected chi connectivity index (χ2v) is 3.47. The Balaban J connectivity index is 1.97. The van der Waals surface area contributed by atoms with Crippen LogP contribution in [0.2, 0.25) is 0 Å². The first-order valence-electron chi connectivity index (χ1n) is 5.08. The molecular formula is C13H11FN2O. The highest BCUT2D eigenvalue weighted by Crippen LogP contribution is 2.13. The Morgan fingerprint density at radius 1 is 1.00 bits per heavy atom. The molecule has 2 aromatic rings. The van der Waals surface area contributed by atoms with Gasteiger partial charge >= 0.3 is 0 Å². The number of rotatable bonds is 3. The van der Waals surface area contributed by atoms with Gasteiger partial charge in [-0.25, -0.2) is 4.39 Å². The summed E-state index contributed by atoms with van der Waals surface area (Å²) >= 11 is 0. The molecule has 0 unspecified atom stereocenters. The van der Waals surface area contributed by atoms with Gasteiger partial charge in [-0.15, -0.1) is 0 Å². The number of hydrogen-bond acceptors (Lipinski definition) is 3. The smallest absolute Gasteiger partial charge is 0.123 e. The number of phenols is 1. The van der Waals surface area contributed by atoms with Crippen molar-refractivity contribution in [1.82, 2.24) is 0 Å². The first kappa shape index (κ1) is 11.1. The van der Waals surface area contributed by atoms with Crippen molar-refractivity contribution in [2.75, 3.05) is 5.43 Å². The molecule has 0 fully saturated rings. The molecular weight excluding hydrogens is 219 g/mol. The SMILES string of the molecule is Oc1ccc(N/N=C\c2ccc(F)cc2)cc1. The summed E-state index contributed by atoms with van der Waals surface area (Å²) in [5.74, 6) is -0.0632. The minimum absolute atomic E-state index is 0.207. The molecule has 2 aromatic carbocycles. The van der Waals surface area contributed by atoms with Crippen molar-refractivity contribution >= 4 is 11.9 Å². The quantitative estimate of drug-likeness (QED) is 0.483. The first-order chi connectivity index (χ1) is 8.24. The van der Waals surface area contributed by atoms with Crippen LogP contribution in [0.3, 0.4) is 0 Å². The van der Waals surface area contributed by atoms with Gasteiger partial charge in [-0.05, 0) is 42.0 Å². The fraction of sp³-hybridized carbons (Fsp3) is 0. The summed E-state index contributed by atoms with van der Waals surface area (Å²) in [5, 5.41) is 13.1. The Kier molecular flexibility index (Phi) is 3.35. The molecule has 0 heterocycles. The molecule has 0 saturated heterocycles. The molecule has 0 aliphatic carbocycles. The fourth-order valence-corrected chi connectivity index (χ4v) is 1.27. The van der Waals surface area contributed by atoms with Gasteiger partial charge in [-0.1, -0.05) is 12.1 Å². The van der Waals surface area contributed by atoms with Gasteiger partial charge in [0, 0.05) is 0 Å². The lowest BCUT2D eigenvalue weighted by Crippen LogP contribution is -1.90. The number of aromatic hydroxyl groups is 1. The highest BCUT2D eigenvalue weighted by atomic mass is 19.1. The number of anilines is 1. The fourth-order valence-electron chi connectivity index (χ4n) is 1.27. The van der Waals surface area contributed by atoms with Gasteiger partial charge in [-0.3, -0.25) is 5.43 Å².